The molecule has 0 atom stereocenters. The molecule has 122 valence electrons. The summed E-state index contributed by atoms with van der Waals surface area (Å²) in [6, 6.07) is 13.1. The van der Waals surface area contributed by atoms with Gasteiger partial charge in [0, 0.05) is 30.6 Å². The predicted octanol–water partition coefficient (Wildman–Crippen LogP) is 2.45. The summed E-state index contributed by atoms with van der Waals surface area (Å²) in [5, 5.41) is 16.5. The zero-order valence-electron chi connectivity index (χ0n) is 13.4. The van der Waals surface area contributed by atoms with Crippen LogP contribution in [0.15, 0.2) is 66.0 Å². The predicted molar refractivity (Wildman–Crippen MR) is 97.2 cm³/mol. The van der Waals surface area contributed by atoms with Gasteiger partial charge in [-0.15, -0.1) is 0 Å². The highest BCUT2D eigenvalue weighted by atomic mass is 15.0. The van der Waals surface area contributed by atoms with Crippen LogP contribution in [0.4, 0.5) is 5.69 Å². The van der Waals surface area contributed by atoms with Gasteiger partial charge in [-0.25, -0.2) is 4.99 Å². The van der Waals surface area contributed by atoms with E-state index in [0.717, 1.165) is 22.4 Å². The van der Waals surface area contributed by atoms with E-state index in [9.17, 15) is 0 Å². The molecule has 6 heteroatoms. The lowest BCUT2D eigenvalue weighted by molar-refractivity contribution is 0.965. The monoisotopic (exact) mass is 328 g/mol. The van der Waals surface area contributed by atoms with Crippen LogP contribution in [0.5, 0.6) is 0 Å². The van der Waals surface area contributed by atoms with Gasteiger partial charge < -0.3 is 5.73 Å². The van der Waals surface area contributed by atoms with Crippen LogP contribution in [-0.4, -0.2) is 21.2 Å². The maximum absolute atomic E-state index is 8.40. The largest absolute Gasteiger partial charge is 0.387 e. The third-order valence-corrected chi connectivity index (χ3v) is 4.20. The highest BCUT2D eigenvalue weighted by molar-refractivity contribution is 5.98. The Balaban J connectivity index is 1.77. The maximum atomic E-state index is 8.40. The average Bonchev–Trinajstić information content (AvgIpc) is 3.01. The van der Waals surface area contributed by atoms with Crippen molar-refractivity contribution in [3.05, 3.63) is 77.7 Å². The second kappa shape index (κ2) is 5.83. The van der Waals surface area contributed by atoms with Crippen LogP contribution >= 0.6 is 0 Å². The summed E-state index contributed by atoms with van der Waals surface area (Å²) in [6.07, 6.45) is 5.77. The summed E-state index contributed by atoms with van der Waals surface area (Å²) < 4.78 is 1.55. The Kier molecular flexibility index (Phi) is 3.50. The standard InChI is InChI=1S/C19H16N6/c20-17-10-14-2-1-13(9-16(14)24-17)15-3-4-18(21)25(11-15)19(22)12-5-7-23-8-6-12/h1-9,11,21-22H,10H2,(H2,20,24). The van der Waals surface area contributed by atoms with E-state index in [1.807, 2.05) is 24.3 Å². The molecular formula is C19H16N6. The first kappa shape index (κ1) is 15.0. The lowest BCUT2D eigenvalue weighted by Crippen LogP contribution is -2.26. The van der Waals surface area contributed by atoms with Crippen molar-refractivity contribution in [1.29, 1.82) is 10.8 Å². The molecular weight excluding hydrogens is 312 g/mol. The van der Waals surface area contributed by atoms with Gasteiger partial charge in [0.2, 0.25) is 0 Å². The molecule has 0 spiro atoms. The van der Waals surface area contributed by atoms with E-state index in [1.165, 1.54) is 0 Å². The fourth-order valence-corrected chi connectivity index (χ4v) is 2.89. The molecule has 0 saturated carbocycles. The van der Waals surface area contributed by atoms with Crippen LogP contribution in [-0.2, 0) is 6.42 Å². The molecule has 0 amide bonds. The third kappa shape index (κ3) is 2.74. The van der Waals surface area contributed by atoms with Crippen molar-refractivity contribution in [1.82, 2.24) is 9.55 Å². The summed E-state index contributed by atoms with van der Waals surface area (Å²) in [5.74, 6) is 0.862. The van der Waals surface area contributed by atoms with Gasteiger partial charge in [-0.2, -0.15) is 0 Å². The number of rotatable bonds is 2. The van der Waals surface area contributed by atoms with E-state index in [2.05, 4.69) is 9.98 Å². The number of amidine groups is 1. The van der Waals surface area contributed by atoms with Crippen molar-refractivity contribution in [2.45, 2.75) is 6.42 Å². The van der Waals surface area contributed by atoms with E-state index in [0.29, 0.717) is 17.8 Å². The number of benzene rings is 1. The first-order valence-corrected chi connectivity index (χ1v) is 7.85. The minimum absolute atomic E-state index is 0.234. The Labute approximate surface area is 144 Å². The number of pyridine rings is 2. The number of aromatic nitrogens is 2. The zero-order chi connectivity index (χ0) is 17.4. The van der Waals surface area contributed by atoms with Crippen molar-refractivity contribution in [3.8, 4) is 11.1 Å². The number of aliphatic imine (C=N–C) groups is 1. The highest BCUT2D eigenvalue weighted by Crippen LogP contribution is 2.30. The van der Waals surface area contributed by atoms with Crippen molar-refractivity contribution >= 4 is 17.4 Å². The second-order valence-electron chi connectivity index (χ2n) is 5.88. The molecule has 0 unspecified atom stereocenters. The van der Waals surface area contributed by atoms with E-state index < -0.39 is 0 Å². The Bertz CT molecular complexity index is 1060. The van der Waals surface area contributed by atoms with Crippen LogP contribution in [0, 0.1) is 10.8 Å². The first-order chi connectivity index (χ1) is 12.1. The summed E-state index contributed by atoms with van der Waals surface area (Å²) in [5.41, 5.74) is 10.7. The molecule has 0 bridgehead atoms. The third-order valence-electron chi connectivity index (χ3n) is 4.20. The molecule has 3 heterocycles. The highest BCUT2D eigenvalue weighted by Gasteiger charge is 2.13. The van der Waals surface area contributed by atoms with E-state index in [1.54, 1.807) is 41.4 Å². The number of hydrogen-bond donors (Lipinski definition) is 3. The summed E-state index contributed by atoms with van der Waals surface area (Å²) >= 11 is 0. The molecule has 1 aliphatic rings. The molecule has 4 rings (SSSR count). The Hall–Kier alpha value is -3.54. The summed E-state index contributed by atoms with van der Waals surface area (Å²) in [7, 11) is 0. The topological polar surface area (TPSA) is 104 Å². The molecule has 1 aromatic carbocycles. The maximum Gasteiger partial charge on any atom is 0.138 e. The van der Waals surface area contributed by atoms with Gasteiger partial charge in [-0.1, -0.05) is 12.1 Å². The lowest BCUT2D eigenvalue weighted by Gasteiger charge is -2.11. The molecule has 0 fully saturated rings. The number of nitrogens with one attached hydrogen (secondary N) is 2. The minimum Gasteiger partial charge on any atom is -0.387 e. The first-order valence-electron chi connectivity index (χ1n) is 7.85. The van der Waals surface area contributed by atoms with Gasteiger partial charge in [0.25, 0.3) is 0 Å². The number of fused-ring (bicyclic) bond motifs is 1. The Morgan fingerprint density at radius 2 is 1.80 bits per heavy atom. The molecule has 4 N–H and O–H groups in total. The van der Waals surface area contributed by atoms with Crippen molar-refractivity contribution in [2.24, 2.45) is 10.7 Å². The number of nitrogens with two attached hydrogens (primary N) is 1. The van der Waals surface area contributed by atoms with Gasteiger partial charge in [-0.3, -0.25) is 20.4 Å². The van der Waals surface area contributed by atoms with E-state index in [-0.39, 0.29) is 11.3 Å². The lowest BCUT2D eigenvalue weighted by atomic mass is 10.0. The molecule has 1 aliphatic heterocycles. The minimum atomic E-state index is 0.234. The summed E-state index contributed by atoms with van der Waals surface area (Å²) in [6.45, 7) is 0. The Morgan fingerprint density at radius 1 is 1.04 bits per heavy atom. The van der Waals surface area contributed by atoms with Gasteiger partial charge >= 0.3 is 0 Å². The van der Waals surface area contributed by atoms with Crippen LogP contribution in [0.1, 0.15) is 11.1 Å². The van der Waals surface area contributed by atoms with Crippen LogP contribution in [0.2, 0.25) is 0 Å². The fourth-order valence-electron chi connectivity index (χ4n) is 2.89. The van der Waals surface area contributed by atoms with E-state index >= 15 is 0 Å². The van der Waals surface area contributed by atoms with Crippen LogP contribution < -0.4 is 11.2 Å². The molecule has 0 radical (unpaired) electrons. The van der Waals surface area contributed by atoms with Gasteiger partial charge in [0.15, 0.2) is 0 Å². The Morgan fingerprint density at radius 3 is 2.60 bits per heavy atom. The molecule has 3 aromatic rings. The normalized spacial score (nSPS) is 12.6. The molecule has 2 aromatic heterocycles. The molecule has 0 aliphatic carbocycles. The van der Waals surface area contributed by atoms with E-state index in [4.69, 9.17) is 16.6 Å². The molecule has 0 saturated heterocycles. The van der Waals surface area contributed by atoms with Crippen LogP contribution in [0.25, 0.3) is 11.1 Å². The SMILES string of the molecule is N=C(c1ccncc1)n1cc(-c2ccc3c(c2)N=C(N)C3)ccc1=N. The molecule has 6 nitrogen and oxygen atoms in total. The quantitative estimate of drug-likeness (QED) is 0.497. The van der Waals surface area contributed by atoms with Crippen LogP contribution in [0.3, 0.4) is 0 Å². The number of nitrogens with zero attached hydrogens (tertiary/aromatic N) is 3. The summed E-state index contributed by atoms with van der Waals surface area (Å²) in [4.78, 5) is 8.34. The molecule has 25 heavy (non-hydrogen) atoms. The zero-order valence-corrected chi connectivity index (χ0v) is 13.4. The van der Waals surface area contributed by atoms with Crippen molar-refractivity contribution in [2.75, 3.05) is 0 Å². The average molecular weight is 328 g/mol. The van der Waals surface area contributed by atoms with Gasteiger partial charge in [0.1, 0.15) is 17.2 Å². The fraction of sp³-hybridized carbons (Fsp3) is 0.0526. The second-order valence-corrected chi connectivity index (χ2v) is 5.88. The van der Waals surface area contributed by atoms with Crippen molar-refractivity contribution < 1.29 is 0 Å². The van der Waals surface area contributed by atoms with Crippen molar-refractivity contribution in [3.63, 3.8) is 0 Å². The van der Waals surface area contributed by atoms with Gasteiger partial charge in [-0.05, 0) is 47.0 Å². The smallest absolute Gasteiger partial charge is 0.138 e. The van der Waals surface area contributed by atoms with Gasteiger partial charge in [0.05, 0.1) is 5.69 Å². The number of hydrogen-bond acceptors (Lipinski definition) is 5.